The van der Waals surface area contributed by atoms with Gasteiger partial charge in [0.25, 0.3) is 10.0 Å². The smallest absolute Gasteiger partial charge is 0.267 e. The summed E-state index contributed by atoms with van der Waals surface area (Å²) in [6.07, 6.45) is 1.39. The van der Waals surface area contributed by atoms with E-state index in [-0.39, 0.29) is 4.90 Å². The predicted octanol–water partition coefficient (Wildman–Crippen LogP) is 4.54. The van der Waals surface area contributed by atoms with Gasteiger partial charge in [0, 0.05) is 23.4 Å². The second-order valence-corrected chi connectivity index (χ2v) is 9.59. The van der Waals surface area contributed by atoms with Crippen molar-refractivity contribution in [1.29, 1.82) is 0 Å². The minimum absolute atomic E-state index is 0.111. The highest BCUT2D eigenvalue weighted by Crippen LogP contribution is 2.42. The fourth-order valence-corrected chi connectivity index (χ4v) is 5.11. The lowest BCUT2D eigenvalue weighted by atomic mass is 10.1. The second-order valence-electron chi connectivity index (χ2n) is 6.27. The van der Waals surface area contributed by atoms with Gasteiger partial charge in [0.2, 0.25) is 0 Å². The number of anilines is 1. The molecule has 0 radical (unpaired) electrons. The standard InChI is InChI=1S/C19H16ClN3O2S2/c1-12-3-5-13(6-4-12)11-26-19-21-10-17-18(22-19)15-8-7-14(20)9-16(15)23(2)27(17,24)25/h3-10H,11H2,1-2H3. The summed E-state index contributed by atoms with van der Waals surface area (Å²) in [5, 5.41) is 1.01. The van der Waals surface area contributed by atoms with E-state index in [1.54, 1.807) is 18.2 Å². The topological polar surface area (TPSA) is 63.2 Å². The third-order valence-electron chi connectivity index (χ3n) is 4.41. The van der Waals surface area contributed by atoms with Gasteiger partial charge in [-0.25, -0.2) is 18.4 Å². The minimum atomic E-state index is -3.70. The van der Waals surface area contributed by atoms with Gasteiger partial charge in [-0.05, 0) is 30.7 Å². The van der Waals surface area contributed by atoms with Crippen LogP contribution in [0.5, 0.6) is 0 Å². The first-order valence-corrected chi connectivity index (χ1v) is 11.0. The quantitative estimate of drug-likeness (QED) is 0.462. The normalized spacial score (nSPS) is 14.6. The second kappa shape index (κ2) is 6.82. The Balaban J connectivity index is 1.73. The number of hydrogen-bond acceptors (Lipinski definition) is 5. The molecular formula is C19H16ClN3O2S2. The highest BCUT2D eigenvalue weighted by atomic mass is 35.5. The molecule has 0 saturated heterocycles. The predicted molar refractivity (Wildman–Crippen MR) is 109 cm³/mol. The average molecular weight is 418 g/mol. The van der Waals surface area contributed by atoms with E-state index < -0.39 is 10.0 Å². The fraction of sp³-hybridized carbons (Fsp3) is 0.158. The van der Waals surface area contributed by atoms with Crippen molar-refractivity contribution in [2.45, 2.75) is 22.7 Å². The van der Waals surface area contributed by atoms with Crippen molar-refractivity contribution in [1.82, 2.24) is 9.97 Å². The summed E-state index contributed by atoms with van der Waals surface area (Å²) in [7, 11) is -2.19. The zero-order valence-electron chi connectivity index (χ0n) is 14.7. The molecule has 1 aromatic heterocycles. The van der Waals surface area contributed by atoms with E-state index in [9.17, 15) is 8.42 Å². The first kappa shape index (κ1) is 18.3. The van der Waals surface area contributed by atoms with Crippen molar-refractivity contribution in [3.8, 4) is 11.3 Å². The summed E-state index contributed by atoms with van der Waals surface area (Å²) in [6.45, 7) is 2.05. The van der Waals surface area contributed by atoms with Gasteiger partial charge < -0.3 is 0 Å². The monoisotopic (exact) mass is 417 g/mol. The van der Waals surface area contributed by atoms with Crippen LogP contribution in [-0.4, -0.2) is 25.4 Å². The third kappa shape index (κ3) is 3.31. The largest absolute Gasteiger partial charge is 0.269 e. The van der Waals surface area contributed by atoms with Crippen molar-refractivity contribution >= 4 is 39.1 Å². The number of nitrogens with zero attached hydrogens (tertiary/aromatic N) is 3. The number of thioether (sulfide) groups is 1. The number of aryl methyl sites for hydroxylation is 1. The molecule has 8 heteroatoms. The van der Waals surface area contributed by atoms with Gasteiger partial charge in [-0.3, -0.25) is 4.31 Å². The van der Waals surface area contributed by atoms with E-state index >= 15 is 0 Å². The molecule has 0 saturated carbocycles. The number of sulfonamides is 1. The van der Waals surface area contributed by atoms with Gasteiger partial charge in [0.1, 0.15) is 4.90 Å². The van der Waals surface area contributed by atoms with E-state index in [4.69, 9.17) is 11.6 Å². The first-order valence-electron chi connectivity index (χ1n) is 8.20. The summed E-state index contributed by atoms with van der Waals surface area (Å²) in [5.41, 5.74) is 4.03. The summed E-state index contributed by atoms with van der Waals surface area (Å²) >= 11 is 7.54. The molecule has 1 aliphatic rings. The SMILES string of the molecule is Cc1ccc(CSc2ncc3c(n2)-c2ccc(Cl)cc2N(C)S3(=O)=O)cc1. The number of benzene rings is 2. The molecule has 0 unspecified atom stereocenters. The van der Waals surface area contributed by atoms with E-state index in [0.717, 1.165) is 11.1 Å². The summed E-state index contributed by atoms with van der Waals surface area (Å²) in [5.74, 6) is 0.708. The lowest BCUT2D eigenvalue weighted by Gasteiger charge is -2.28. The Morgan fingerprint density at radius 3 is 2.63 bits per heavy atom. The van der Waals surface area contributed by atoms with Gasteiger partial charge in [-0.1, -0.05) is 53.2 Å². The molecule has 138 valence electrons. The highest BCUT2D eigenvalue weighted by molar-refractivity contribution is 7.98. The molecule has 2 aromatic carbocycles. The van der Waals surface area contributed by atoms with E-state index in [0.29, 0.717) is 27.3 Å². The van der Waals surface area contributed by atoms with Crippen LogP contribution in [-0.2, 0) is 15.8 Å². The summed E-state index contributed by atoms with van der Waals surface area (Å²) in [4.78, 5) is 8.93. The maximum absolute atomic E-state index is 12.8. The Labute approximate surface area is 167 Å². The maximum Gasteiger partial charge on any atom is 0.267 e. The van der Waals surface area contributed by atoms with Crippen LogP contribution in [0.15, 0.2) is 58.7 Å². The number of aromatic nitrogens is 2. The minimum Gasteiger partial charge on any atom is -0.269 e. The molecule has 5 nitrogen and oxygen atoms in total. The van der Waals surface area contributed by atoms with Crippen molar-refractivity contribution in [3.63, 3.8) is 0 Å². The molecule has 0 spiro atoms. The molecule has 1 aliphatic heterocycles. The molecule has 0 fully saturated rings. The van der Waals surface area contributed by atoms with Crippen LogP contribution in [0.2, 0.25) is 5.02 Å². The van der Waals surface area contributed by atoms with E-state index in [1.165, 1.54) is 34.9 Å². The molecule has 3 aromatic rings. The van der Waals surface area contributed by atoms with Crippen LogP contribution < -0.4 is 4.31 Å². The molecule has 0 N–H and O–H groups in total. The van der Waals surface area contributed by atoms with Gasteiger partial charge in [0.05, 0.1) is 17.6 Å². The van der Waals surface area contributed by atoms with Crippen LogP contribution in [0.25, 0.3) is 11.3 Å². The van der Waals surface area contributed by atoms with Crippen LogP contribution in [0.1, 0.15) is 11.1 Å². The van der Waals surface area contributed by atoms with Crippen LogP contribution >= 0.6 is 23.4 Å². The zero-order valence-corrected chi connectivity index (χ0v) is 17.1. The first-order chi connectivity index (χ1) is 12.9. The Bertz CT molecular complexity index is 1130. The number of hydrogen-bond donors (Lipinski definition) is 0. The lowest BCUT2D eigenvalue weighted by Crippen LogP contribution is -2.31. The van der Waals surface area contributed by atoms with Crippen molar-refractivity contribution in [2.24, 2.45) is 0 Å². The molecular weight excluding hydrogens is 402 g/mol. The Morgan fingerprint density at radius 2 is 1.89 bits per heavy atom. The Morgan fingerprint density at radius 1 is 1.15 bits per heavy atom. The van der Waals surface area contributed by atoms with Crippen molar-refractivity contribution < 1.29 is 8.42 Å². The number of rotatable bonds is 3. The summed E-state index contributed by atoms with van der Waals surface area (Å²) in [6, 6.07) is 13.4. The van der Waals surface area contributed by atoms with Crippen LogP contribution in [0.4, 0.5) is 5.69 Å². The molecule has 0 bridgehead atoms. The van der Waals surface area contributed by atoms with Crippen molar-refractivity contribution in [3.05, 3.63) is 64.8 Å². The van der Waals surface area contributed by atoms with Gasteiger partial charge in [-0.15, -0.1) is 0 Å². The maximum atomic E-state index is 12.8. The number of halogens is 1. The molecule has 0 amide bonds. The average Bonchev–Trinajstić information content (AvgIpc) is 2.66. The van der Waals surface area contributed by atoms with Crippen LogP contribution in [0.3, 0.4) is 0 Å². The van der Waals surface area contributed by atoms with E-state index in [1.807, 2.05) is 6.92 Å². The molecule has 27 heavy (non-hydrogen) atoms. The Hall–Kier alpha value is -2.09. The fourth-order valence-electron chi connectivity index (χ4n) is 2.88. The molecule has 2 heterocycles. The van der Waals surface area contributed by atoms with Gasteiger partial charge in [-0.2, -0.15) is 0 Å². The van der Waals surface area contributed by atoms with Crippen molar-refractivity contribution in [2.75, 3.05) is 11.4 Å². The molecule has 4 rings (SSSR count). The number of fused-ring (bicyclic) bond motifs is 3. The third-order valence-corrected chi connectivity index (χ3v) is 7.35. The summed E-state index contributed by atoms with van der Waals surface area (Å²) < 4.78 is 26.8. The zero-order chi connectivity index (χ0) is 19.2. The molecule has 0 aliphatic carbocycles. The Kier molecular flexibility index (Phi) is 4.61. The molecule has 0 atom stereocenters. The van der Waals surface area contributed by atoms with Gasteiger partial charge in [0.15, 0.2) is 5.16 Å². The lowest BCUT2D eigenvalue weighted by molar-refractivity contribution is 0.592. The van der Waals surface area contributed by atoms with Crippen LogP contribution in [0, 0.1) is 6.92 Å². The highest BCUT2D eigenvalue weighted by Gasteiger charge is 2.34. The van der Waals surface area contributed by atoms with E-state index in [2.05, 4.69) is 34.2 Å². The van der Waals surface area contributed by atoms with Gasteiger partial charge >= 0.3 is 0 Å².